The lowest BCUT2D eigenvalue weighted by Gasteiger charge is -2.37. The Labute approximate surface area is 202 Å². The van der Waals surface area contributed by atoms with E-state index in [9.17, 15) is 14.9 Å². The molecule has 0 fully saturated rings. The average molecular weight is 478 g/mol. The molecule has 0 saturated heterocycles. The van der Waals surface area contributed by atoms with Crippen LogP contribution in [0.2, 0.25) is 5.02 Å². The molecule has 4 rings (SSSR count). The summed E-state index contributed by atoms with van der Waals surface area (Å²) < 4.78 is 11.6. The molecule has 2 aromatic rings. The molecule has 2 aliphatic rings. The molecule has 0 bridgehead atoms. The fraction of sp³-hybridized carbons (Fsp3) is 0.269. The van der Waals surface area contributed by atoms with Gasteiger partial charge in [0.25, 0.3) is 5.91 Å². The van der Waals surface area contributed by atoms with Crippen LogP contribution < -0.4 is 15.8 Å². The Morgan fingerprint density at radius 2 is 2.03 bits per heavy atom. The number of nitrogens with two attached hydrogens (primary N) is 1. The van der Waals surface area contributed by atoms with E-state index in [4.69, 9.17) is 26.8 Å². The number of benzene rings is 2. The van der Waals surface area contributed by atoms with E-state index in [1.54, 1.807) is 48.5 Å². The van der Waals surface area contributed by atoms with Crippen LogP contribution in [-0.4, -0.2) is 18.3 Å². The first-order chi connectivity index (χ1) is 16.2. The van der Waals surface area contributed by atoms with Crippen LogP contribution in [0.4, 0.5) is 5.69 Å². The summed E-state index contributed by atoms with van der Waals surface area (Å²) in [5.74, 6) is -0.369. The number of carbonyl (C=O) groups is 2. The van der Waals surface area contributed by atoms with Gasteiger partial charge in [-0.05, 0) is 29.7 Å². The highest BCUT2D eigenvalue weighted by Gasteiger charge is 2.43. The Morgan fingerprint density at radius 3 is 2.76 bits per heavy atom. The third-order valence-electron chi connectivity index (χ3n) is 5.77. The molecule has 1 unspecified atom stereocenters. The fourth-order valence-corrected chi connectivity index (χ4v) is 4.54. The number of nitriles is 1. The highest BCUT2D eigenvalue weighted by Crippen LogP contribution is 2.49. The number of ether oxygens (including phenoxy) is 2. The molecule has 3 N–H and O–H groups in total. The predicted octanol–water partition coefficient (Wildman–Crippen LogP) is 4.81. The molecule has 1 amide bonds. The number of para-hydroxylation sites is 1. The normalized spacial score (nSPS) is 19.1. The first-order valence-corrected chi connectivity index (χ1v) is 11.2. The van der Waals surface area contributed by atoms with Crippen molar-refractivity contribution in [2.45, 2.75) is 32.6 Å². The second-order valence-corrected chi connectivity index (χ2v) is 9.52. The smallest absolute Gasteiger partial charge is 0.262 e. The molecule has 0 aromatic heterocycles. The predicted molar refractivity (Wildman–Crippen MR) is 128 cm³/mol. The van der Waals surface area contributed by atoms with Crippen LogP contribution in [-0.2, 0) is 14.3 Å². The summed E-state index contributed by atoms with van der Waals surface area (Å²) in [5, 5.41) is 13.1. The molecule has 1 atom stereocenters. The number of rotatable bonds is 5. The van der Waals surface area contributed by atoms with Crippen LogP contribution in [0.15, 0.2) is 71.3 Å². The van der Waals surface area contributed by atoms with Crippen molar-refractivity contribution in [1.29, 1.82) is 5.26 Å². The Kier molecular flexibility index (Phi) is 6.36. The van der Waals surface area contributed by atoms with Gasteiger partial charge in [0.2, 0.25) is 5.88 Å². The highest BCUT2D eigenvalue weighted by molar-refractivity contribution is 6.30. The molecular formula is C26H24ClN3O4. The Hall–Kier alpha value is -3.76. The van der Waals surface area contributed by atoms with Gasteiger partial charge >= 0.3 is 0 Å². The summed E-state index contributed by atoms with van der Waals surface area (Å²) in [6, 6.07) is 15.9. The van der Waals surface area contributed by atoms with Gasteiger partial charge in [-0.2, -0.15) is 5.26 Å². The van der Waals surface area contributed by atoms with E-state index in [1.807, 2.05) is 13.8 Å². The molecule has 7 nitrogen and oxygen atoms in total. The SMILES string of the molecule is CC1(C)CC(=O)C2=C(C1)OC(N)=C(C#N)C2c1ccccc1OCC(=O)Nc1cccc(Cl)c1. The number of hydrogen-bond donors (Lipinski definition) is 2. The number of ketones is 1. The molecule has 1 aliphatic carbocycles. The molecule has 1 aliphatic heterocycles. The van der Waals surface area contributed by atoms with Crippen LogP contribution in [0.1, 0.15) is 38.2 Å². The van der Waals surface area contributed by atoms with E-state index in [0.29, 0.717) is 46.2 Å². The van der Waals surface area contributed by atoms with Crippen molar-refractivity contribution in [1.82, 2.24) is 0 Å². The lowest BCUT2D eigenvalue weighted by Crippen LogP contribution is -2.33. The number of allylic oxidation sites excluding steroid dienone is 3. The van der Waals surface area contributed by atoms with Gasteiger partial charge in [0.1, 0.15) is 23.2 Å². The van der Waals surface area contributed by atoms with Crippen LogP contribution >= 0.6 is 11.6 Å². The summed E-state index contributed by atoms with van der Waals surface area (Å²) in [6.07, 6.45) is 0.852. The number of hydrogen-bond acceptors (Lipinski definition) is 6. The number of anilines is 1. The van der Waals surface area contributed by atoms with Gasteiger partial charge in [-0.25, -0.2) is 0 Å². The third kappa shape index (κ3) is 4.78. The molecule has 174 valence electrons. The maximum Gasteiger partial charge on any atom is 0.262 e. The summed E-state index contributed by atoms with van der Waals surface area (Å²) in [6.45, 7) is 3.70. The minimum Gasteiger partial charge on any atom is -0.483 e. The molecule has 8 heteroatoms. The van der Waals surface area contributed by atoms with Gasteiger partial charge in [0.05, 0.1) is 5.92 Å². The van der Waals surface area contributed by atoms with Gasteiger partial charge in [-0.1, -0.05) is 49.7 Å². The third-order valence-corrected chi connectivity index (χ3v) is 6.01. The number of Topliss-reactive ketones (excluding diaryl/α,β-unsaturated/α-hetero) is 1. The maximum atomic E-state index is 13.2. The maximum absolute atomic E-state index is 13.2. The first-order valence-electron chi connectivity index (χ1n) is 10.8. The number of carbonyl (C=O) groups excluding carboxylic acids is 2. The van der Waals surface area contributed by atoms with E-state index in [-0.39, 0.29) is 35.2 Å². The number of amides is 1. The Bertz CT molecular complexity index is 1270. The zero-order valence-electron chi connectivity index (χ0n) is 18.9. The number of nitrogens with one attached hydrogen (secondary N) is 1. The van der Waals surface area contributed by atoms with Gasteiger partial charge in [0, 0.05) is 34.7 Å². The minimum absolute atomic E-state index is 0.0229. The summed E-state index contributed by atoms with van der Waals surface area (Å²) in [7, 11) is 0. The van der Waals surface area contributed by atoms with E-state index < -0.39 is 5.92 Å². The average Bonchev–Trinajstić information content (AvgIpc) is 2.76. The minimum atomic E-state index is -0.732. The van der Waals surface area contributed by atoms with E-state index in [2.05, 4.69) is 11.4 Å². The Morgan fingerprint density at radius 1 is 1.26 bits per heavy atom. The molecule has 0 saturated carbocycles. The molecule has 0 radical (unpaired) electrons. The zero-order chi connectivity index (χ0) is 24.5. The van der Waals surface area contributed by atoms with Crippen molar-refractivity contribution in [3.8, 4) is 11.8 Å². The van der Waals surface area contributed by atoms with Crippen molar-refractivity contribution in [3.05, 3.63) is 81.9 Å². The van der Waals surface area contributed by atoms with E-state index in [1.165, 1.54) is 0 Å². The summed E-state index contributed by atoms with van der Waals surface area (Å²) >= 11 is 5.97. The lowest BCUT2D eigenvalue weighted by molar-refractivity contribution is -0.119. The first kappa shape index (κ1) is 23.4. The quantitative estimate of drug-likeness (QED) is 0.638. The second kappa shape index (κ2) is 9.24. The van der Waals surface area contributed by atoms with Crippen molar-refractivity contribution in [3.63, 3.8) is 0 Å². The lowest BCUT2D eigenvalue weighted by atomic mass is 9.70. The topological polar surface area (TPSA) is 114 Å². The van der Waals surface area contributed by atoms with Crippen LogP contribution in [0.25, 0.3) is 0 Å². The largest absolute Gasteiger partial charge is 0.483 e. The van der Waals surface area contributed by atoms with Crippen LogP contribution in [0, 0.1) is 16.7 Å². The highest BCUT2D eigenvalue weighted by atomic mass is 35.5. The Balaban J connectivity index is 1.64. The standard InChI is InChI=1S/C26H24ClN3O4/c1-26(2)11-19(31)24-21(12-26)34-25(29)18(13-28)23(24)17-8-3-4-9-20(17)33-14-22(32)30-16-7-5-6-15(27)10-16/h3-10,23H,11-12,14,29H2,1-2H3,(H,30,32). The molecule has 2 aromatic carbocycles. The van der Waals surface area contributed by atoms with E-state index in [0.717, 1.165) is 0 Å². The molecule has 0 spiro atoms. The van der Waals surface area contributed by atoms with Crippen molar-refractivity contribution in [2.75, 3.05) is 11.9 Å². The zero-order valence-corrected chi connectivity index (χ0v) is 19.6. The monoisotopic (exact) mass is 477 g/mol. The van der Waals surface area contributed by atoms with Gasteiger partial charge in [0.15, 0.2) is 12.4 Å². The second-order valence-electron chi connectivity index (χ2n) is 9.09. The number of halogens is 1. The van der Waals surface area contributed by atoms with Crippen LogP contribution in [0.5, 0.6) is 5.75 Å². The van der Waals surface area contributed by atoms with Crippen molar-refractivity contribution < 1.29 is 19.1 Å². The summed E-state index contributed by atoms with van der Waals surface area (Å²) in [5.41, 5.74) is 7.51. The van der Waals surface area contributed by atoms with Crippen LogP contribution in [0.3, 0.4) is 0 Å². The van der Waals surface area contributed by atoms with Gasteiger partial charge in [-0.3, -0.25) is 9.59 Å². The molecule has 1 heterocycles. The summed E-state index contributed by atoms with van der Waals surface area (Å²) in [4.78, 5) is 25.6. The van der Waals surface area contributed by atoms with Crippen molar-refractivity contribution >= 4 is 29.0 Å². The fourth-order valence-electron chi connectivity index (χ4n) is 4.35. The van der Waals surface area contributed by atoms with Gasteiger partial charge < -0.3 is 20.5 Å². The van der Waals surface area contributed by atoms with Crippen molar-refractivity contribution in [2.24, 2.45) is 11.1 Å². The van der Waals surface area contributed by atoms with E-state index >= 15 is 0 Å². The molecular weight excluding hydrogens is 454 g/mol. The molecule has 34 heavy (non-hydrogen) atoms. The van der Waals surface area contributed by atoms with Gasteiger partial charge in [-0.15, -0.1) is 0 Å². The number of nitrogens with zero attached hydrogens (tertiary/aromatic N) is 1.